The highest BCUT2D eigenvalue weighted by molar-refractivity contribution is 7.91. The highest BCUT2D eigenvalue weighted by Crippen LogP contribution is 2.32. The van der Waals surface area contributed by atoms with Crippen molar-refractivity contribution in [3.63, 3.8) is 0 Å². The van der Waals surface area contributed by atoms with E-state index in [1.54, 1.807) is 12.1 Å². The maximum Gasteiger partial charge on any atom is 0.180 e. The number of benzene rings is 1. The van der Waals surface area contributed by atoms with Crippen LogP contribution >= 0.6 is 0 Å². The third kappa shape index (κ3) is 7.19. The molecule has 0 radical (unpaired) electrons. The molecule has 1 N–H and O–H groups in total. The van der Waals surface area contributed by atoms with Crippen molar-refractivity contribution in [2.45, 2.75) is 88.9 Å². The van der Waals surface area contributed by atoms with E-state index < -0.39 is 9.84 Å². The molecule has 158 valence electrons. The molecule has 1 saturated heterocycles. The van der Waals surface area contributed by atoms with Gasteiger partial charge in [0.05, 0.1) is 10.6 Å². The number of hydrogen-bond donors (Lipinski definition) is 1. The zero-order valence-electron chi connectivity index (χ0n) is 17.5. The molecular weight excluding hydrogens is 370 g/mol. The summed E-state index contributed by atoms with van der Waals surface area (Å²) in [5, 5.41) is 3.46. The molecule has 1 aromatic carbocycles. The van der Waals surface area contributed by atoms with Gasteiger partial charge < -0.3 is 4.90 Å². The molecule has 0 aromatic heterocycles. The highest BCUT2D eigenvalue weighted by atomic mass is 32.2. The predicted octanol–water partition coefficient (Wildman–Crippen LogP) is 6.64. The Kier molecular flexibility index (Phi) is 9.96. The fourth-order valence-corrected chi connectivity index (χ4v) is 5.44. The predicted molar refractivity (Wildman–Crippen MR) is 117 cm³/mol. The van der Waals surface area contributed by atoms with Crippen LogP contribution in [0.3, 0.4) is 0 Å². The van der Waals surface area contributed by atoms with Gasteiger partial charge in [0.2, 0.25) is 0 Å². The molecule has 0 spiro atoms. The van der Waals surface area contributed by atoms with Gasteiger partial charge in [0.1, 0.15) is 5.69 Å². The van der Waals surface area contributed by atoms with Crippen LogP contribution in [0.2, 0.25) is 0 Å². The second-order valence-corrected chi connectivity index (χ2v) is 10.0. The van der Waals surface area contributed by atoms with E-state index >= 15 is 0 Å². The Hall–Kier alpha value is -1.43. The van der Waals surface area contributed by atoms with E-state index in [4.69, 9.17) is 5.53 Å². The third-order valence-corrected chi connectivity index (χ3v) is 7.46. The summed E-state index contributed by atoms with van der Waals surface area (Å²) in [5.74, 6) is 0.148. The zero-order valence-corrected chi connectivity index (χ0v) is 18.3. The number of nitrogens with zero attached hydrogens (tertiary/aromatic N) is 2. The third-order valence-electron chi connectivity index (χ3n) is 5.64. The number of nitrogens with one attached hydrogen (secondary N) is 1. The molecule has 0 bridgehead atoms. The van der Waals surface area contributed by atoms with E-state index in [1.807, 2.05) is 6.07 Å². The molecule has 0 unspecified atom stereocenters. The van der Waals surface area contributed by atoms with Gasteiger partial charge in [-0.25, -0.2) is 13.9 Å². The molecular formula is C22H37N3O2S. The van der Waals surface area contributed by atoms with Crippen molar-refractivity contribution in [3.05, 3.63) is 18.2 Å². The largest absolute Gasteiger partial charge is 0.371 e. The molecule has 1 aromatic rings. The molecule has 2 rings (SSSR count). The van der Waals surface area contributed by atoms with Crippen LogP contribution in [0.4, 0.5) is 11.4 Å². The van der Waals surface area contributed by atoms with E-state index in [9.17, 15) is 8.42 Å². The molecule has 1 aliphatic rings. The monoisotopic (exact) mass is 407 g/mol. The van der Waals surface area contributed by atoms with Crippen molar-refractivity contribution in [2.24, 2.45) is 5.11 Å². The van der Waals surface area contributed by atoms with Crippen LogP contribution in [0.15, 0.2) is 28.2 Å². The first-order valence-electron chi connectivity index (χ1n) is 11.1. The first kappa shape index (κ1) is 22.9. The first-order chi connectivity index (χ1) is 13.6. The van der Waals surface area contributed by atoms with Crippen molar-refractivity contribution in [2.75, 3.05) is 23.7 Å². The highest BCUT2D eigenvalue weighted by Gasteiger charge is 2.21. The second kappa shape index (κ2) is 12.2. The summed E-state index contributed by atoms with van der Waals surface area (Å²) >= 11 is 0. The topological polar surface area (TPSA) is 73.6 Å². The molecule has 0 saturated carbocycles. The van der Waals surface area contributed by atoms with Crippen LogP contribution in [-0.4, -0.2) is 27.3 Å². The van der Waals surface area contributed by atoms with Crippen molar-refractivity contribution in [3.8, 4) is 0 Å². The van der Waals surface area contributed by atoms with Crippen LogP contribution in [-0.2, 0) is 9.84 Å². The minimum absolute atomic E-state index is 0.148. The fraction of sp³-hybridized carbons (Fsp3) is 0.727. The number of unbranched alkanes of at least 4 members (excludes halogenated alkanes) is 9. The standard InChI is InChI=1S/C22H37N3O2S/c1-2-3-4-5-6-7-8-9-10-13-18-28(26,27)22-19-20(14-15-21(22)24-23)25-16-11-12-17-25/h14-15,19,23H,2-13,16-18H2,1H3. The van der Waals surface area contributed by atoms with Gasteiger partial charge in [-0.05, 0) is 37.5 Å². The minimum Gasteiger partial charge on any atom is -0.371 e. The van der Waals surface area contributed by atoms with E-state index in [1.165, 1.54) is 44.9 Å². The van der Waals surface area contributed by atoms with Gasteiger partial charge in [0.25, 0.3) is 0 Å². The summed E-state index contributed by atoms with van der Waals surface area (Å²) in [6, 6.07) is 5.29. The lowest BCUT2D eigenvalue weighted by molar-refractivity contribution is 0.558. The van der Waals surface area contributed by atoms with Crippen molar-refractivity contribution in [1.82, 2.24) is 0 Å². The summed E-state index contributed by atoms with van der Waals surface area (Å²) in [6.07, 6.45) is 14.1. The summed E-state index contributed by atoms with van der Waals surface area (Å²) in [6.45, 7) is 4.17. The van der Waals surface area contributed by atoms with Crippen LogP contribution in [0.25, 0.3) is 0 Å². The molecule has 5 nitrogen and oxygen atoms in total. The molecule has 1 fully saturated rings. The summed E-state index contributed by atoms with van der Waals surface area (Å²) in [7, 11) is -3.40. The SMILES string of the molecule is CCCCCCCCCCCCS(=O)(=O)c1cc(N2CCCC2)ccc1N=N. The van der Waals surface area contributed by atoms with Gasteiger partial charge in [0, 0.05) is 18.8 Å². The first-order valence-corrected chi connectivity index (χ1v) is 12.7. The van der Waals surface area contributed by atoms with Crippen LogP contribution in [0.1, 0.15) is 84.0 Å². The number of rotatable bonds is 14. The molecule has 0 amide bonds. The number of sulfone groups is 1. The fourth-order valence-electron chi connectivity index (χ4n) is 3.91. The average Bonchev–Trinajstić information content (AvgIpc) is 3.23. The molecule has 0 aliphatic carbocycles. The van der Waals surface area contributed by atoms with Gasteiger partial charge >= 0.3 is 0 Å². The average molecular weight is 408 g/mol. The lowest BCUT2D eigenvalue weighted by Gasteiger charge is -2.19. The van der Waals surface area contributed by atoms with Gasteiger partial charge in [-0.1, -0.05) is 64.7 Å². The van der Waals surface area contributed by atoms with E-state index in [0.717, 1.165) is 44.5 Å². The minimum atomic E-state index is -3.40. The van der Waals surface area contributed by atoms with Crippen LogP contribution in [0, 0.1) is 5.53 Å². The maximum atomic E-state index is 12.9. The second-order valence-electron chi connectivity index (χ2n) is 7.96. The number of hydrogen-bond acceptors (Lipinski definition) is 5. The summed E-state index contributed by atoms with van der Waals surface area (Å²) in [4.78, 5) is 2.44. The summed E-state index contributed by atoms with van der Waals surface area (Å²) < 4.78 is 25.7. The molecule has 1 heterocycles. The maximum absolute atomic E-state index is 12.9. The molecule has 1 aliphatic heterocycles. The molecule has 0 atom stereocenters. The zero-order chi connectivity index (χ0) is 20.2. The van der Waals surface area contributed by atoms with Gasteiger partial charge in [-0.15, -0.1) is 0 Å². The van der Waals surface area contributed by atoms with Crippen molar-refractivity contribution >= 4 is 21.2 Å². The van der Waals surface area contributed by atoms with E-state index in [-0.39, 0.29) is 16.3 Å². The Morgan fingerprint density at radius 3 is 2.07 bits per heavy atom. The van der Waals surface area contributed by atoms with Gasteiger partial charge in [0.15, 0.2) is 9.84 Å². The normalized spacial score (nSPS) is 14.5. The van der Waals surface area contributed by atoms with E-state index in [0.29, 0.717) is 6.42 Å². The Bertz CT molecular complexity index is 698. The Morgan fingerprint density at radius 1 is 0.929 bits per heavy atom. The molecule has 6 heteroatoms. The molecule has 28 heavy (non-hydrogen) atoms. The quantitative estimate of drug-likeness (QED) is 0.277. The lowest BCUT2D eigenvalue weighted by atomic mass is 10.1. The Balaban J connectivity index is 1.80. The Morgan fingerprint density at radius 2 is 1.50 bits per heavy atom. The van der Waals surface area contributed by atoms with Gasteiger partial charge in [-0.2, -0.15) is 5.11 Å². The lowest BCUT2D eigenvalue weighted by Crippen LogP contribution is -2.18. The number of anilines is 1. The Labute approximate surface area is 171 Å². The van der Waals surface area contributed by atoms with Crippen molar-refractivity contribution in [1.29, 1.82) is 5.53 Å². The van der Waals surface area contributed by atoms with Gasteiger partial charge in [-0.3, -0.25) is 0 Å². The summed E-state index contributed by atoms with van der Waals surface area (Å²) in [5.41, 5.74) is 8.54. The van der Waals surface area contributed by atoms with Crippen LogP contribution < -0.4 is 4.90 Å². The smallest absolute Gasteiger partial charge is 0.180 e. The van der Waals surface area contributed by atoms with Crippen molar-refractivity contribution < 1.29 is 8.42 Å². The van der Waals surface area contributed by atoms with E-state index in [2.05, 4.69) is 16.9 Å². The van der Waals surface area contributed by atoms with Crippen LogP contribution in [0.5, 0.6) is 0 Å².